The quantitative estimate of drug-likeness (QED) is 0.624. The van der Waals surface area contributed by atoms with Gasteiger partial charge >= 0.3 is 0 Å². The molecule has 1 saturated carbocycles. The fraction of sp³-hybridized carbons (Fsp3) is 0.208. The molecule has 6 heteroatoms. The number of pyridine rings is 1. The molecule has 1 aromatic heterocycles. The minimum atomic E-state index is -0.242. The number of amides is 2. The molecule has 0 atom stereocenters. The molecule has 2 amide bonds. The van der Waals surface area contributed by atoms with Crippen LogP contribution in [-0.4, -0.2) is 22.8 Å². The molecule has 1 fully saturated rings. The van der Waals surface area contributed by atoms with E-state index in [4.69, 9.17) is 4.74 Å². The van der Waals surface area contributed by atoms with E-state index in [1.807, 2.05) is 31.2 Å². The highest BCUT2D eigenvalue weighted by molar-refractivity contribution is 6.05. The first-order valence-electron chi connectivity index (χ1n) is 9.94. The maximum Gasteiger partial charge on any atom is 0.255 e. The van der Waals surface area contributed by atoms with Crippen LogP contribution in [0, 0.1) is 6.92 Å². The minimum absolute atomic E-state index is 0.109. The van der Waals surface area contributed by atoms with Gasteiger partial charge in [0.2, 0.25) is 0 Å². The number of hydrogen-bond acceptors (Lipinski definition) is 4. The molecule has 2 N–H and O–H groups in total. The van der Waals surface area contributed by atoms with Crippen molar-refractivity contribution in [1.29, 1.82) is 0 Å². The second kappa shape index (κ2) is 8.78. The van der Waals surface area contributed by atoms with Crippen LogP contribution < -0.4 is 15.4 Å². The maximum absolute atomic E-state index is 12.7. The lowest BCUT2D eigenvalue weighted by Crippen LogP contribution is -2.25. The first-order chi connectivity index (χ1) is 14.6. The molecule has 1 aliphatic rings. The van der Waals surface area contributed by atoms with E-state index in [1.54, 1.807) is 42.6 Å². The largest absolute Gasteiger partial charge is 0.487 e. The molecule has 6 nitrogen and oxygen atoms in total. The zero-order chi connectivity index (χ0) is 20.9. The van der Waals surface area contributed by atoms with Crippen molar-refractivity contribution in [3.8, 4) is 5.75 Å². The van der Waals surface area contributed by atoms with Gasteiger partial charge in [0, 0.05) is 29.1 Å². The predicted octanol–water partition coefficient (Wildman–Crippen LogP) is 4.11. The summed E-state index contributed by atoms with van der Waals surface area (Å²) in [6.45, 7) is 2.26. The Morgan fingerprint density at radius 2 is 1.77 bits per heavy atom. The van der Waals surface area contributed by atoms with Gasteiger partial charge in [-0.25, -0.2) is 0 Å². The van der Waals surface area contributed by atoms with Crippen LogP contribution in [-0.2, 0) is 6.61 Å². The van der Waals surface area contributed by atoms with Crippen molar-refractivity contribution in [2.75, 3.05) is 5.32 Å². The number of carbonyl (C=O) groups is 2. The number of aromatic nitrogens is 1. The minimum Gasteiger partial charge on any atom is -0.487 e. The van der Waals surface area contributed by atoms with Crippen LogP contribution in [0.2, 0.25) is 0 Å². The number of anilines is 1. The lowest BCUT2D eigenvalue weighted by molar-refractivity contribution is 0.0949. The van der Waals surface area contributed by atoms with Crippen molar-refractivity contribution in [1.82, 2.24) is 10.3 Å². The summed E-state index contributed by atoms with van der Waals surface area (Å²) < 4.78 is 5.70. The van der Waals surface area contributed by atoms with Gasteiger partial charge in [0.15, 0.2) is 0 Å². The van der Waals surface area contributed by atoms with Crippen molar-refractivity contribution in [2.24, 2.45) is 0 Å². The topological polar surface area (TPSA) is 80.3 Å². The van der Waals surface area contributed by atoms with Gasteiger partial charge in [-0.3, -0.25) is 14.6 Å². The van der Waals surface area contributed by atoms with Crippen molar-refractivity contribution in [3.05, 3.63) is 89.2 Å². The molecular weight excluding hydrogens is 378 g/mol. The number of hydrogen-bond donors (Lipinski definition) is 2. The highest BCUT2D eigenvalue weighted by Gasteiger charge is 2.24. The SMILES string of the molecule is Cc1ccc(C(=O)NC2CC2)cc1NC(=O)c1ccc(OCc2ccccn2)cc1. The Morgan fingerprint density at radius 3 is 2.47 bits per heavy atom. The highest BCUT2D eigenvalue weighted by Crippen LogP contribution is 2.22. The predicted molar refractivity (Wildman–Crippen MR) is 115 cm³/mol. The molecule has 1 aliphatic carbocycles. The standard InChI is InChI=1S/C24H23N3O3/c1-16-5-6-18(24(29)26-19-9-10-19)14-22(16)27-23(28)17-7-11-21(12-8-17)30-15-20-4-2-3-13-25-20/h2-8,11-14,19H,9-10,15H2,1H3,(H,26,29)(H,27,28). The molecule has 0 bridgehead atoms. The van der Waals surface area contributed by atoms with Crippen LogP contribution in [0.4, 0.5) is 5.69 Å². The number of nitrogens with one attached hydrogen (secondary N) is 2. The maximum atomic E-state index is 12.7. The molecule has 0 spiro atoms. The Hall–Kier alpha value is -3.67. The zero-order valence-corrected chi connectivity index (χ0v) is 16.7. The fourth-order valence-electron chi connectivity index (χ4n) is 2.93. The van der Waals surface area contributed by atoms with Crippen LogP contribution in [0.1, 0.15) is 44.8 Å². The van der Waals surface area contributed by atoms with Gasteiger partial charge in [-0.05, 0) is 73.9 Å². The Balaban J connectivity index is 1.39. The van der Waals surface area contributed by atoms with Crippen molar-refractivity contribution < 1.29 is 14.3 Å². The summed E-state index contributed by atoms with van der Waals surface area (Å²) in [6.07, 6.45) is 3.78. The molecule has 152 valence electrons. The summed E-state index contributed by atoms with van der Waals surface area (Å²) >= 11 is 0. The summed E-state index contributed by atoms with van der Waals surface area (Å²) in [7, 11) is 0. The molecule has 1 heterocycles. The second-order valence-electron chi connectivity index (χ2n) is 7.37. The first-order valence-corrected chi connectivity index (χ1v) is 9.94. The number of rotatable bonds is 7. The Kier molecular flexibility index (Phi) is 5.75. The van der Waals surface area contributed by atoms with E-state index < -0.39 is 0 Å². The summed E-state index contributed by atoms with van der Waals surface area (Å²) in [5.41, 5.74) is 3.40. The van der Waals surface area contributed by atoms with E-state index >= 15 is 0 Å². The average Bonchev–Trinajstić information content (AvgIpc) is 3.59. The van der Waals surface area contributed by atoms with Gasteiger partial charge in [0.1, 0.15) is 12.4 Å². The number of carbonyl (C=O) groups excluding carboxylic acids is 2. The van der Waals surface area contributed by atoms with Gasteiger partial charge in [-0.1, -0.05) is 12.1 Å². The number of ether oxygens (including phenoxy) is 1. The van der Waals surface area contributed by atoms with Crippen molar-refractivity contribution in [2.45, 2.75) is 32.4 Å². The number of benzene rings is 2. The third-order valence-electron chi connectivity index (χ3n) is 4.89. The first kappa shape index (κ1) is 19.6. The van der Waals surface area contributed by atoms with E-state index in [2.05, 4.69) is 15.6 Å². The smallest absolute Gasteiger partial charge is 0.255 e. The van der Waals surface area contributed by atoms with Gasteiger partial charge in [-0.15, -0.1) is 0 Å². The third-order valence-corrected chi connectivity index (χ3v) is 4.89. The number of aryl methyl sites for hydroxylation is 1. The van der Waals surface area contributed by atoms with Crippen molar-refractivity contribution in [3.63, 3.8) is 0 Å². The Morgan fingerprint density at radius 1 is 1.00 bits per heavy atom. The van der Waals surface area contributed by atoms with Gasteiger partial charge in [-0.2, -0.15) is 0 Å². The molecule has 0 unspecified atom stereocenters. The number of nitrogens with zero attached hydrogens (tertiary/aromatic N) is 1. The molecule has 0 saturated heterocycles. The summed E-state index contributed by atoms with van der Waals surface area (Å²) in [6, 6.07) is 18.2. The van der Waals surface area contributed by atoms with E-state index in [0.717, 1.165) is 24.1 Å². The molecule has 2 aromatic carbocycles. The van der Waals surface area contributed by atoms with Gasteiger partial charge < -0.3 is 15.4 Å². The van der Waals surface area contributed by atoms with E-state index in [-0.39, 0.29) is 17.9 Å². The van der Waals surface area contributed by atoms with Crippen LogP contribution in [0.5, 0.6) is 5.75 Å². The normalized spacial score (nSPS) is 12.8. The van der Waals surface area contributed by atoms with Crippen LogP contribution in [0.25, 0.3) is 0 Å². The van der Waals surface area contributed by atoms with Crippen LogP contribution >= 0.6 is 0 Å². The van der Waals surface area contributed by atoms with Crippen molar-refractivity contribution >= 4 is 17.5 Å². The fourth-order valence-corrected chi connectivity index (χ4v) is 2.93. The summed E-state index contributed by atoms with van der Waals surface area (Å²) in [5, 5.41) is 5.86. The highest BCUT2D eigenvalue weighted by atomic mass is 16.5. The van der Waals surface area contributed by atoms with E-state index in [9.17, 15) is 9.59 Å². The third kappa shape index (κ3) is 5.03. The average molecular weight is 401 g/mol. The molecular formula is C24H23N3O3. The van der Waals surface area contributed by atoms with E-state index in [1.165, 1.54) is 0 Å². The summed E-state index contributed by atoms with van der Waals surface area (Å²) in [4.78, 5) is 29.2. The van der Waals surface area contributed by atoms with Crippen LogP contribution in [0.15, 0.2) is 66.9 Å². The zero-order valence-electron chi connectivity index (χ0n) is 16.7. The molecule has 0 aliphatic heterocycles. The Labute approximate surface area is 175 Å². The van der Waals surface area contributed by atoms with Crippen LogP contribution in [0.3, 0.4) is 0 Å². The lowest BCUT2D eigenvalue weighted by atomic mass is 10.1. The molecule has 0 radical (unpaired) electrons. The second-order valence-corrected chi connectivity index (χ2v) is 7.37. The molecule has 3 aromatic rings. The monoisotopic (exact) mass is 401 g/mol. The molecule has 4 rings (SSSR count). The van der Waals surface area contributed by atoms with Gasteiger partial charge in [0.05, 0.1) is 5.69 Å². The molecule has 30 heavy (non-hydrogen) atoms. The summed E-state index contributed by atoms with van der Waals surface area (Å²) in [5.74, 6) is 0.309. The lowest BCUT2D eigenvalue weighted by Gasteiger charge is -2.11. The van der Waals surface area contributed by atoms with E-state index in [0.29, 0.717) is 29.2 Å². The van der Waals surface area contributed by atoms with Gasteiger partial charge in [0.25, 0.3) is 11.8 Å². The Bertz CT molecular complexity index is 1050.